The van der Waals surface area contributed by atoms with Crippen LogP contribution in [0, 0.1) is 0 Å². The van der Waals surface area contributed by atoms with Crippen LogP contribution in [0.1, 0.15) is 25.8 Å². The molecule has 1 unspecified atom stereocenters. The van der Waals surface area contributed by atoms with Crippen molar-refractivity contribution in [2.45, 2.75) is 32.9 Å². The molecule has 0 amide bonds. The fourth-order valence-electron chi connectivity index (χ4n) is 2.17. The van der Waals surface area contributed by atoms with E-state index in [0.29, 0.717) is 6.54 Å². The zero-order chi connectivity index (χ0) is 13.8. The van der Waals surface area contributed by atoms with Crippen molar-refractivity contribution in [1.29, 1.82) is 0 Å². The van der Waals surface area contributed by atoms with Crippen LogP contribution in [0.2, 0.25) is 0 Å². The van der Waals surface area contributed by atoms with Crippen LogP contribution in [0.25, 0.3) is 11.0 Å². The zero-order valence-corrected chi connectivity index (χ0v) is 11.3. The molecule has 0 radical (unpaired) electrons. The van der Waals surface area contributed by atoms with Crippen molar-refractivity contribution in [3.8, 4) is 0 Å². The Balaban J connectivity index is 2.23. The molecule has 0 aliphatic carbocycles. The lowest BCUT2D eigenvalue weighted by Crippen LogP contribution is -2.36. The Hall–Kier alpha value is -1.81. The SMILES string of the molecule is CCC(C)N(CC(=O)O)Cc1coc2ccccc12. The number of carboxylic acids is 1. The molecule has 2 rings (SSSR count). The largest absolute Gasteiger partial charge is 0.480 e. The van der Waals surface area contributed by atoms with Crippen molar-refractivity contribution < 1.29 is 14.3 Å². The first-order valence-electron chi connectivity index (χ1n) is 6.52. The minimum absolute atomic E-state index is 0.0501. The molecule has 2 aromatic rings. The molecule has 0 aliphatic heterocycles. The molecule has 1 heterocycles. The van der Waals surface area contributed by atoms with Gasteiger partial charge in [-0.15, -0.1) is 0 Å². The van der Waals surface area contributed by atoms with Crippen LogP contribution < -0.4 is 0 Å². The Morgan fingerprint density at radius 1 is 1.42 bits per heavy atom. The first-order valence-corrected chi connectivity index (χ1v) is 6.52. The van der Waals surface area contributed by atoms with Gasteiger partial charge < -0.3 is 9.52 Å². The summed E-state index contributed by atoms with van der Waals surface area (Å²) in [7, 11) is 0. The van der Waals surface area contributed by atoms with Gasteiger partial charge in [-0.05, 0) is 19.4 Å². The van der Waals surface area contributed by atoms with Crippen LogP contribution in [0.5, 0.6) is 0 Å². The average Bonchev–Trinajstić information content (AvgIpc) is 2.80. The van der Waals surface area contributed by atoms with Crippen LogP contribution in [0.4, 0.5) is 0 Å². The van der Waals surface area contributed by atoms with Gasteiger partial charge in [-0.25, -0.2) is 0 Å². The first kappa shape index (κ1) is 13.6. The number of aliphatic carboxylic acids is 1. The molecule has 4 heteroatoms. The molecular formula is C15H19NO3. The van der Waals surface area contributed by atoms with E-state index in [1.165, 1.54) is 0 Å². The number of carbonyl (C=O) groups is 1. The molecule has 0 saturated carbocycles. The van der Waals surface area contributed by atoms with E-state index < -0.39 is 5.97 Å². The molecule has 1 aromatic carbocycles. The lowest BCUT2D eigenvalue weighted by Gasteiger charge is -2.26. The van der Waals surface area contributed by atoms with Crippen molar-refractivity contribution in [2.75, 3.05) is 6.54 Å². The number of hydrogen-bond donors (Lipinski definition) is 1. The maximum atomic E-state index is 11.0. The van der Waals surface area contributed by atoms with Crippen molar-refractivity contribution >= 4 is 16.9 Å². The predicted octanol–water partition coefficient (Wildman–Crippen LogP) is 3.12. The quantitative estimate of drug-likeness (QED) is 0.868. The molecule has 4 nitrogen and oxygen atoms in total. The lowest BCUT2D eigenvalue weighted by molar-refractivity contribution is -0.139. The van der Waals surface area contributed by atoms with E-state index in [-0.39, 0.29) is 12.6 Å². The number of para-hydroxylation sites is 1. The normalized spacial score (nSPS) is 13.0. The maximum Gasteiger partial charge on any atom is 0.317 e. The van der Waals surface area contributed by atoms with Crippen LogP contribution >= 0.6 is 0 Å². The summed E-state index contributed by atoms with van der Waals surface area (Å²) in [5.74, 6) is -0.798. The third-order valence-corrected chi connectivity index (χ3v) is 3.49. The van der Waals surface area contributed by atoms with Crippen molar-refractivity contribution in [3.05, 3.63) is 36.1 Å². The molecule has 0 saturated heterocycles. The number of carboxylic acid groups (broad SMARTS) is 1. The smallest absolute Gasteiger partial charge is 0.317 e. The lowest BCUT2D eigenvalue weighted by atomic mass is 10.1. The highest BCUT2D eigenvalue weighted by Gasteiger charge is 2.18. The van der Waals surface area contributed by atoms with E-state index in [0.717, 1.165) is 23.0 Å². The first-order chi connectivity index (χ1) is 9.11. The number of nitrogens with zero attached hydrogens (tertiary/aromatic N) is 1. The van der Waals surface area contributed by atoms with E-state index >= 15 is 0 Å². The fourth-order valence-corrected chi connectivity index (χ4v) is 2.17. The molecule has 19 heavy (non-hydrogen) atoms. The Morgan fingerprint density at radius 3 is 2.84 bits per heavy atom. The topological polar surface area (TPSA) is 53.7 Å². The maximum absolute atomic E-state index is 11.0. The van der Waals surface area contributed by atoms with Gasteiger partial charge in [0.25, 0.3) is 0 Å². The summed E-state index contributed by atoms with van der Waals surface area (Å²) in [4.78, 5) is 12.9. The summed E-state index contributed by atoms with van der Waals surface area (Å²) in [5, 5.41) is 10.1. The number of hydrogen-bond acceptors (Lipinski definition) is 3. The van der Waals surface area contributed by atoms with Crippen LogP contribution in [-0.4, -0.2) is 28.6 Å². The summed E-state index contributed by atoms with van der Waals surface area (Å²) in [6, 6.07) is 8.04. The van der Waals surface area contributed by atoms with Crippen molar-refractivity contribution in [3.63, 3.8) is 0 Å². The molecule has 0 bridgehead atoms. The number of fused-ring (bicyclic) bond motifs is 1. The summed E-state index contributed by atoms with van der Waals surface area (Å²) < 4.78 is 5.49. The summed E-state index contributed by atoms with van der Waals surface area (Å²) in [6.45, 7) is 4.75. The monoisotopic (exact) mass is 261 g/mol. The third kappa shape index (κ3) is 3.15. The van der Waals surface area contributed by atoms with Gasteiger partial charge in [0.2, 0.25) is 0 Å². The average molecular weight is 261 g/mol. The van der Waals surface area contributed by atoms with Crippen molar-refractivity contribution in [1.82, 2.24) is 4.90 Å². The third-order valence-electron chi connectivity index (χ3n) is 3.49. The molecule has 102 valence electrons. The van der Waals surface area contributed by atoms with Gasteiger partial charge in [0, 0.05) is 23.5 Å². The Kier molecular flexibility index (Phi) is 4.22. The summed E-state index contributed by atoms with van der Waals surface area (Å²) >= 11 is 0. The number of rotatable bonds is 6. The van der Waals surface area contributed by atoms with E-state index in [2.05, 4.69) is 6.92 Å². The second-order valence-corrected chi connectivity index (χ2v) is 4.81. The Bertz CT molecular complexity index is 561. The van der Waals surface area contributed by atoms with Gasteiger partial charge in [0.1, 0.15) is 5.58 Å². The molecule has 1 N–H and O–H groups in total. The molecule has 0 fully saturated rings. The van der Waals surface area contributed by atoms with Gasteiger partial charge in [0.05, 0.1) is 12.8 Å². The van der Waals surface area contributed by atoms with Crippen molar-refractivity contribution in [2.24, 2.45) is 0 Å². The minimum atomic E-state index is -0.798. The molecule has 0 spiro atoms. The van der Waals surface area contributed by atoms with Gasteiger partial charge in [-0.3, -0.25) is 9.69 Å². The second-order valence-electron chi connectivity index (χ2n) is 4.81. The molecule has 0 aliphatic rings. The van der Waals surface area contributed by atoms with Crippen LogP contribution in [-0.2, 0) is 11.3 Å². The summed E-state index contributed by atoms with van der Waals surface area (Å²) in [5.41, 5.74) is 1.88. The van der Waals surface area contributed by atoms with E-state index in [9.17, 15) is 4.79 Å². The fraction of sp³-hybridized carbons (Fsp3) is 0.400. The molecular weight excluding hydrogens is 242 g/mol. The Morgan fingerprint density at radius 2 is 2.16 bits per heavy atom. The van der Waals surface area contributed by atoms with Gasteiger partial charge in [-0.2, -0.15) is 0 Å². The Labute approximate surface area is 112 Å². The van der Waals surface area contributed by atoms with Gasteiger partial charge in [0.15, 0.2) is 0 Å². The van der Waals surface area contributed by atoms with E-state index in [1.807, 2.05) is 36.1 Å². The number of benzene rings is 1. The van der Waals surface area contributed by atoms with E-state index in [4.69, 9.17) is 9.52 Å². The minimum Gasteiger partial charge on any atom is -0.480 e. The summed E-state index contributed by atoms with van der Waals surface area (Å²) in [6.07, 6.45) is 2.64. The molecule has 1 aromatic heterocycles. The highest BCUT2D eigenvalue weighted by atomic mass is 16.4. The molecule has 1 atom stereocenters. The van der Waals surface area contributed by atoms with Crippen LogP contribution in [0.15, 0.2) is 34.9 Å². The van der Waals surface area contributed by atoms with E-state index in [1.54, 1.807) is 6.26 Å². The van der Waals surface area contributed by atoms with Gasteiger partial charge >= 0.3 is 5.97 Å². The van der Waals surface area contributed by atoms with Gasteiger partial charge in [-0.1, -0.05) is 25.1 Å². The standard InChI is InChI=1S/C15H19NO3/c1-3-11(2)16(9-15(17)18)8-12-10-19-14-7-5-4-6-13(12)14/h4-7,10-11H,3,8-9H2,1-2H3,(H,17,18). The highest BCUT2D eigenvalue weighted by molar-refractivity contribution is 5.80. The predicted molar refractivity (Wildman–Crippen MR) is 74.0 cm³/mol. The highest BCUT2D eigenvalue weighted by Crippen LogP contribution is 2.23. The zero-order valence-electron chi connectivity index (χ0n) is 11.3. The number of furan rings is 1. The second kappa shape index (κ2) is 5.89. The van der Waals surface area contributed by atoms with Crippen LogP contribution in [0.3, 0.4) is 0 Å².